The molecular formula is C9H14N2O. The van der Waals surface area contributed by atoms with Crippen LogP contribution in [0.4, 0.5) is 0 Å². The number of ether oxygens (including phenoxy) is 1. The summed E-state index contributed by atoms with van der Waals surface area (Å²) in [6, 6.07) is 0. The molecule has 1 spiro atoms. The van der Waals surface area contributed by atoms with E-state index in [-0.39, 0.29) is 5.60 Å². The minimum Gasteiger partial charge on any atom is -0.466 e. The van der Waals surface area contributed by atoms with Gasteiger partial charge in [-0.3, -0.25) is 4.99 Å². The molecule has 3 heteroatoms. The average molecular weight is 166 g/mol. The van der Waals surface area contributed by atoms with Crippen LogP contribution in [-0.2, 0) is 4.74 Å². The molecule has 1 fully saturated rings. The van der Waals surface area contributed by atoms with Gasteiger partial charge in [-0.25, -0.2) is 0 Å². The zero-order chi connectivity index (χ0) is 8.60. The Morgan fingerprint density at radius 2 is 2.17 bits per heavy atom. The van der Waals surface area contributed by atoms with Crippen molar-refractivity contribution in [3.8, 4) is 0 Å². The van der Waals surface area contributed by atoms with Crippen molar-refractivity contribution in [1.82, 2.24) is 0 Å². The lowest BCUT2D eigenvalue weighted by molar-refractivity contribution is 0.0803. The van der Waals surface area contributed by atoms with Gasteiger partial charge in [-0.2, -0.15) is 0 Å². The van der Waals surface area contributed by atoms with Crippen LogP contribution in [0.15, 0.2) is 17.0 Å². The quantitative estimate of drug-likeness (QED) is 0.587. The molecule has 2 aliphatic rings. The van der Waals surface area contributed by atoms with Crippen LogP contribution in [0.25, 0.3) is 0 Å². The van der Waals surface area contributed by atoms with Crippen molar-refractivity contribution in [2.45, 2.75) is 31.3 Å². The van der Waals surface area contributed by atoms with E-state index >= 15 is 0 Å². The second-order valence-corrected chi connectivity index (χ2v) is 3.46. The summed E-state index contributed by atoms with van der Waals surface area (Å²) < 4.78 is 5.62. The van der Waals surface area contributed by atoms with Crippen LogP contribution in [0, 0.1) is 0 Å². The summed E-state index contributed by atoms with van der Waals surface area (Å²) in [5.41, 5.74) is 6.50. The molecule has 3 nitrogen and oxygen atoms in total. The highest BCUT2D eigenvalue weighted by molar-refractivity contribution is 6.04. The Kier molecular flexibility index (Phi) is 1.60. The van der Waals surface area contributed by atoms with Gasteiger partial charge in [0.2, 0.25) is 0 Å². The van der Waals surface area contributed by atoms with Crippen LogP contribution >= 0.6 is 0 Å². The van der Waals surface area contributed by atoms with E-state index in [1.165, 1.54) is 12.8 Å². The zero-order valence-electron chi connectivity index (χ0n) is 7.34. The van der Waals surface area contributed by atoms with Gasteiger partial charge in [-0.05, 0) is 25.7 Å². The van der Waals surface area contributed by atoms with Crippen LogP contribution in [0.3, 0.4) is 0 Å². The molecule has 1 saturated carbocycles. The maximum absolute atomic E-state index is 5.62. The molecule has 1 aliphatic carbocycles. The normalized spacial score (nSPS) is 29.4. The first-order valence-corrected chi connectivity index (χ1v) is 4.40. The van der Waals surface area contributed by atoms with E-state index in [0.29, 0.717) is 5.88 Å². The highest BCUT2D eigenvalue weighted by Crippen LogP contribution is 2.39. The van der Waals surface area contributed by atoms with E-state index in [4.69, 9.17) is 10.5 Å². The first-order valence-electron chi connectivity index (χ1n) is 4.40. The zero-order valence-corrected chi connectivity index (χ0v) is 7.34. The van der Waals surface area contributed by atoms with E-state index in [1.54, 1.807) is 7.05 Å². The molecule has 2 N–H and O–H groups in total. The predicted molar refractivity (Wildman–Crippen MR) is 47.9 cm³/mol. The molecular weight excluding hydrogens is 152 g/mol. The molecule has 0 atom stereocenters. The average Bonchev–Trinajstić information content (AvgIpc) is 2.60. The van der Waals surface area contributed by atoms with E-state index in [2.05, 4.69) is 4.99 Å². The van der Waals surface area contributed by atoms with Crippen LogP contribution in [0.5, 0.6) is 0 Å². The fourth-order valence-electron chi connectivity index (χ4n) is 2.15. The van der Waals surface area contributed by atoms with Crippen molar-refractivity contribution in [1.29, 1.82) is 0 Å². The SMILES string of the molecule is CN=C1C=C(N)OC12CCCC2. The first kappa shape index (κ1) is 7.65. The van der Waals surface area contributed by atoms with Gasteiger partial charge in [0.1, 0.15) is 0 Å². The third-order valence-electron chi connectivity index (χ3n) is 2.71. The molecule has 1 heterocycles. The van der Waals surface area contributed by atoms with Crippen LogP contribution in [0.1, 0.15) is 25.7 Å². The topological polar surface area (TPSA) is 47.6 Å². The number of hydrogen-bond acceptors (Lipinski definition) is 3. The van der Waals surface area contributed by atoms with E-state index < -0.39 is 0 Å². The summed E-state index contributed by atoms with van der Waals surface area (Å²) in [5.74, 6) is 0.525. The Morgan fingerprint density at radius 1 is 1.50 bits per heavy atom. The summed E-state index contributed by atoms with van der Waals surface area (Å²) in [6.45, 7) is 0. The van der Waals surface area contributed by atoms with Crippen molar-refractivity contribution in [2.75, 3.05) is 7.05 Å². The van der Waals surface area contributed by atoms with Crippen LogP contribution in [0.2, 0.25) is 0 Å². The Bertz CT molecular complexity index is 249. The maximum Gasteiger partial charge on any atom is 0.187 e. The number of rotatable bonds is 0. The van der Waals surface area contributed by atoms with Gasteiger partial charge in [-0.1, -0.05) is 0 Å². The largest absolute Gasteiger partial charge is 0.466 e. The Labute approximate surface area is 72.3 Å². The summed E-state index contributed by atoms with van der Waals surface area (Å²) in [4.78, 5) is 4.21. The summed E-state index contributed by atoms with van der Waals surface area (Å²) in [7, 11) is 1.80. The molecule has 2 rings (SSSR count). The van der Waals surface area contributed by atoms with Crippen molar-refractivity contribution in [2.24, 2.45) is 10.7 Å². The summed E-state index contributed by atoms with van der Waals surface area (Å²) in [6.07, 6.45) is 6.43. The lowest BCUT2D eigenvalue weighted by Gasteiger charge is -2.23. The Balaban J connectivity index is 2.29. The van der Waals surface area contributed by atoms with Gasteiger partial charge in [0.25, 0.3) is 0 Å². The molecule has 1 aliphatic heterocycles. The van der Waals surface area contributed by atoms with Gasteiger partial charge in [-0.15, -0.1) is 0 Å². The monoisotopic (exact) mass is 166 g/mol. The summed E-state index contributed by atoms with van der Waals surface area (Å²) >= 11 is 0. The molecule has 12 heavy (non-hydrogen) atoms. The molecule has 0 aromatic rings. The highest BCUT2D eigenvalue weighted by Gasteiger charge is 2.43. The highest BCUT2D eigenvalue weighted by atomic mass is 16.5. The standard InChI is InChI=1S/C9H14N2O/c1-11-7-6-8(10)12-9(7)4-2-3-5-9/h6H,2-5,10H2,1H3. The fourth-order valence-corrected chi connectivity index (χ4v) is 2.15. The van der Waals surface area contributed by atoms with Crippen molar-refractivity contribution in [3.05, 3.63) is 12.0 Å². The van der Waals surface area contributed by atoms with Crippen molar-refractivity contribution >= 4 is 5.71 Å². The molecule has 0 aromatic carbocycles. The van der Waals surface area contributed by atoms with Gasteiger partial charge in [0.05, 0.1) is 5.71 Å². The maximum atomic E-state index is 5.62. The molecule has 0 radical (unpaired) electrons. The lowest BCUT2D eigenvalue weighted by atomic mass is 9.97. The Morgan fingerprint density at radius 3 is 2.75 bits per heavy atom. The minimum atomic E-state index is -0.140. The van der Waals surface area contributed by atoms with E-state index in [1.807, 2.05) is 6.08 Å². The second kappa shape index (κ2) is 2.51. The molecule has 0 bridgehead atoms. The number of aliphatic imine (C=N–C) groups is 1. The van der Waals surface area contributed by atoms with Gasteiger partial charge >= 0.3 is 0 Å². The summed E-state index contributed by atoms with van der Waals surface area (Å²) in [5, 5.41) is 0. The predicted octanol–water partition coefficient (Wildman–Crippen LogP) is 1.20. The number of nitrogens with two attached hydrogens (primary N) is 1. The van der Waals surface area contributed by atoms with Gasteiger partial charge in [0.15, 0.2) is 11.5 Å². The third-order valence-corrected chi connectivity index (χ3v) is 2.71. The third kappa shape index (κ3) is 0.924. The van der Waals surface area contributed by atoms with Crippen molar-refractivity contribution in [3.63, 3.8) is 0 Å². The molecule has 0 saturated heterocycles. The van der Waals surface area contributed by atoms with E-state index in [0.717, 1.165) is 18.6 Å². The smallest absolute Gasteiger partial charge is 0.187 e. The van der Waals surface area contributed by atoms with Crippen molar-refractivity contribution < 1.29 is 4.74 Å². The molecule has 0 aromatic heterocycles. The van der Waals surface area contributed by atoms with Gasteiger partial charge < -0.3 is 10.5 Å². The fraction of sp³-hybridized carbons (Fsp3) is 0.667. The molecule has 66 valence electrons. The number of nitrogens with zero attached hydrogens (tertiary/aromatic N) is 1. The van der Waals surface area contributed by atoms with Gasteiger partial charge in [0, 0.05) is 13.1 Å². The van der Waals surface area contributed by atoms with Crippen LogP contribution < -0.4 is 5.73 Å². The molecule has 0 unspecified atom stereocenters. The lowest BCUT2D eigenvalue weighted by Crippen LogP contribution is -2.33. The van der Waals surface area contributed by atoms with Crippen LogP contribution in [-0.4, -0.2) is 18.4 Å². The first-order chi connectivity index (χ1) is 5.77. The Hall–Kier alpha value is -0.990. The second-order valence-electron chi connectivity index (χ2n) is 3.46. The number of hydrogen-bond donors (Lipinski definition) is 1. The van der Waals surface area contributed by atoms with E-state index in [9.17, 15) is 0 Å². The molecule has 0 amide bonds. The minimum absolute atomic E-state index is 0.140.